The van der Waals surface area contributed by atoms with Gasteiger partial charge in [-0.1, -0.05) is 19.0 Å². The van der Waals surface area contributed by atoms with Gasteiger partial charge in [0.05, 0.1) is 13.2 Å². The first-order valence-corrected chi connectivity index (χ1v) is 5.96. The standard InChI is InChI=1S/C13H16FN3O2/c1-7(2)11(15)13-16-12(17-19-13)8-4-5-9(14)10(6-8)18-3/h4-7,11H,15H2,1-3H3/t11-/m1/s1. The van der Waals surface area contributed by atoms with Crippen LogP contribution in [-0.4, -0.2) is 17.3 Å². The van der Waals surface area contributed by atoms with Gasteiger partial charge in [-0.2, -0.15) is 4.98 Å². The van der Waals surface area contributed by atoms with E-state index in [1.165, 1.54) is 19.2 Å². The molecule has 5 nitrogen and oxygen atoms in total. The summed E-state index contributed by atoms with van der Waals surface area (Å²) >= 11 is 0. The van der Waals surface area contributed by atoms with E-state index in [1.807, 2.05) is 13.8 Å². The van der Waals surface area contributed by atoms with Crippen LogP contribution >= 0.6 is 0 Å². The summed E-state index contributed by atoms with van der Waals surface area (Å²) in [6.07, 6.45) is 0. The molecule has 1 aromatic heterocycles. The second-order valence-corrected chi connectivity index (χ2v) is 4.58. The highest BCUT2D eigenvalue weighted by Gasteiger charge is 2.19. The van der Waals surface area contributed by atoms with Gasteiger partial charge in [0.1, 0.15) is 0 Å². The monoisotopic (exact) mass is 265 g/mol. The third-order valence-electron chi connectivity index (χ3n) is 2.85. The van der Waals surface area contributed by atoms with Crippen LogP contribution in [0.3, 0.4) is 0 Å². The van der Waals surface area contributed by atoms with Gasteiger partial charge in [-0.15, -0.1) is 0 Å². The van der Waals surface area contributed by atoms with Crippen LogP contribution < -0.4 is 10.5 Å². The Morgan fingerprint density at radius 1 is 1.37 bits per heavy atom. The summed E-state index contributed by atoms with van der Waals surface area (Å²) < 4.78 is 23.4. The number of halogens is 1. The number of ether oxygens (including phenoxy) is 1. The van der Waals surface area contributed by atoms with E-state index >= 15 is 0 Å². The summed E-state index contributed by atoms with van der Waals surface area (Å²) in [5.74, 6) is 0.625. The van der Waals surface area contributed by atoms with Crippen LogP contribution in [0.1, 0.15) is 25.8 Å². The Balaban J connectivity index is 2.32. The third-order valence-corrected chi connectivity index (χ3v) is 2.85. The second kappa shape index (κ2) is 5.36. The quantitative estimate of drug-likeness (QED) is 0.919. The molecule has 0 radical (unpaired) electrons. The van der Waals surface area contributed by atoms with Crippen molar-refractivity contribution in [1.29, 1.82) is 0 Å². The van der Waals surface area contributed by atoms with Crippen LogP contribution in [0.25, 0.3) is 11.4 Å². The van der Waals surface area contributed by atoms with Crippen LogP contribution in [0.2, 0.25) is 0 Å². The highest BCUT2D eigenvalue weighted by atomic mass is 19.1. The van der Waals surface area contributed by atoms with Crippen molar-refractivity contribution in [2.75, 3.05) is 7.11 Å². The topological polar surface area (TPSA) is 74.2 Å². The Hall–Kier alpha value is -1.95. The van der Waals surface area contributed by atoms with Crippen LogP contribution in [-0.2, 0) is 0 Å². The van der Waals surface area contributed by atoms with Gasteiger partial charge in [0.2, 0.25) is 11.7 Å². The molecule has 0 amide bonds. The minimum Gasteiger partial charge on any atom is -0.494 e. The molecule has 6 heteroatoms. The fourth-order valence-electron chi connectivity index (χ4n) is 1.57. The molecule has 102 valence electrons. The molecular weight excluding hydrogens is 249 g/mol. The van der Waals surface area contributed by atoms with E-state index in [0.717, 1.165) is 0 Å². The Labute approximate surface area is 110 Å². The van der Waals surface area contributed by atoms with Crippen LogP contribution in [0.5, 0.6) is 5.75 Å². The van der Waals surface area contributed by atoms with Gasteiger partial charge in [-0.3, -0.25) is 0 Å². The van der Waals surface area contributed by atoms with Crippen LogP contribution in [0, 0.1) is 11.7 Å². The molecule has 1 heterocycles. The maximum atomic E-state index is 13.3. The molecule has 19 heavy (non-hydrogen) atoms. The molecule has 1 aromatic carbocycles. The van der Waals surface area contributed by atoms with Gasteiger partial charge in [0.15, 0.2) is 11.6 Å². The maximum Gasteiger partial charge on any atom is 0.244 e. The Bertz CT molecular complexity index is 569. The number of rotatable bonds is 4. The predicted molar refractivity (Wildman–Crippen MR) is 68.0 cm³/mol. The van der Waals surface area contributed by atoms with Gasteiger partial charge in [-0.25, -0.2) is 4.39 Å². The lowest BCUT2D eigenvalue weighted by Crippen LogP contribution is -2.16. The molecule has 0 fully saturated rings. The van der Waals surface area contributed by atoms with Gasteiger partial charge in [0, 0.05) is 5.56 Å². The lowest BCUT2D eigenvalue weighted by Gasteiger charge is -2.09. The first-order valence-electron chi connectivity index (χ1n) is 5.96. The molecule has 2 aromatic rings. The lowest BCUT2D eigenvalue weighted by molar-refractivity contribution is 0.325. The number of methoxy groups -OCH3 is 1. The smallest absolute Gasteiger partial charge is 0.244 e. The van der Waals surface area contributed by atoms with E-state index in [9.17, 15) is 4.39 Å². The number of nitrogens with two attached hydrogens (primary N) is 1. The largest absolute Gasteiger partial charge is 0.494 e. The Kier molecular flexibility index (Phi) is 3.80. The highest BCUT2D eigenvalue weighted by Crippen LogP contribution is 2.26. The molecular formula is C13H16FN3O2. The summed E-state index contributed by atoms with van der Waals surface area (Å²) in [6, 6.07) is 4.06. The Morgan fingerprint density at radius 3 is 2.74 bits per heavy atom. The lowest BCUT2D eigenvalue weighted by atomic mass is 10.1. The summed E-state index contributed by atoms with van der Waals surface area (Å²) in [5, 5.41) is 3.85. The van der Waals surface area contributed by atoms with Crippen LogP contribution in [0.4, 0.5) is 4.39 Å². The molecule has 0 aliphatic rings. The first kappa shape index (κ1) is 13.5. The summed E-state index contributed by atoms with van der Waals surface area (Å²) in [6.45, 7) is 3.94. The molecule has 1 atom stereocenters. The molecule has 0 saturated carbocycles. The fourth-order valence-corrected chi connectivity index (χ4v) is 1.57. The number of aromatic nitrogens is 2. The third kappa shape index (κ3) is 2.73. The van der Waals surface area contributed by atoms with Crippen molar-refractivity contribution in [2.45, 2.75) is 19.9 Å². The van der Waals surface area contributed by atoms with Gasteiger partial charge >= 0.3 is 0 Å². The minimum absolute atomic E-state index is 0.136. The van der Waals surface area contributed by atoms with E-state index < -0.39 is 5.82 Å². The molecule has 0 saturated heterocycles. The van der Waals surface area contributed by atoms with E-state index in [4.69, 9.17) is 15.0 Å². The Morgan fingerprint density at radius 2 is 2.11 bits per heavy atom. The van der Waals surface area contributed by atoms with Gasteiger partial charge in [-0.05, 0) is 24.1 Å². The van der Waals surface area contributed by atoms with Crippen molar-refractivity contribution < 1.29 is 13.7 Å². The molecule has 2 rings (SSSR count). The zero-order valence-corrected chi connectivity index (χ0v) is 11.1. The van der Waals surface area contributed by atoms with Crippen molar-refractivity contribution in [1.82, 2.24) is 10.1 Å². The normalized spacial score (nSPS) is 12.7. The maximum absolute atomic E-state index is 13.3. The zero-order chi connectivity index (χ0) is 14.0. The minimum atomic E-state index is -0.436. The van der Waals surface area contributed by atoms with Crippen molar-refractivity contribution in [3.63, 3.8) is 0 Å². The average Bonchev–Trinajstić information content (AvgIpc) is 2.87. The molecule has 0 aliphatic heterocycles. The number of hydrogen-bond acceptors (Lipinski definition) is 5. The van der Waals surface area contributed by atoms with Gasteiger partial charge < -0.3 is 15.0 Å². The van der Waals surface area contributed by atoms with Crippen molar-refractivity contribution >= 4 is 0 Å². The first-order chi connectivity index (χ1) is 9.02. The number of hydrogen-bond donors (Lipinski definition) is 1. The summed E-state index contributed by atoms with van der Waals surface area (Å²) in [5.41, 5.74) is 6.54. The van der Waals surface area contributed by atoms with Crippen molar-refractivity contribution in [3.8, 4) is 17.1 Å². The van der Waals surface area contributed by atoms with E-state index in [1.54, 1.807) is 6.07 Å². The molecule has 0 bridgehead atoms. The second-order valence-electron chi connectivity index (χ2n) is 4.58. The van der Waals surface area contributed by atoms with Gasteiger partial charge in [0.25, 0.3) is 0 Å². The van der Waals surface area contributed by atoms with E-state index in [2.05, 4.69) is 10.1 Å². The predicted octanol–water partition coefficient (Wildman–Crippen LogP) is 2.54. The zero-order valence-electron chi connectivity index (χ0n) is 11.1. The van der Waals surface area contributed by atoms with E-state index in [0.29, 0.717) is 17.3 Å². The molecule has 0 aliphatic carbocycles. The summed E-state index contributed by atoms with van der Waals surface area (Å²) in [4.78, 5) is 4.23. The SMILES string of the molecule is COc1cc(-c2noc([C@H](N)C(C)C)n2)ccc1F. The summed E-state index contributed by atoms with van der Waals surface area (Å²) in [7, 11) is 1.40. The molecule has 0 spiro atoms. The number of benzene rings is 1. The fraction of sp³-hybridized carbons (Fsp3) is 0.385. The van der Waals surface area contributed by atoms with Crippen molar-refractivity contribution in [2.24, 2.45) is 11.7 Å². The van der Waals surface area contributed by atoms with Crippen LogP contribution in [0.15, 0.2) is 22.7 Å². The molecule has 0 unspecified atom stereocenters. The average molecular weight is 265 g/mol. The molecule has 2 N–H and O–H groups in total. The van der Waals surface area contributed by atoms with E-state index in [-0.39, 0.29) is 17.7 Å². The highest BCUT2D eigenvalue weighted by molar-refractivity contribution is 5.57. The number of nitrogens with zero attached hydrogens (tertiary/aromatic N) is 2. The van der Waals surface area contributed by atoms with Crippen molar-refractivity contribution in [3.05, 3.63) is 29.9 Å².